The molecule has 0 fully saturated rings. The van der Waals surface area contributed by atoms with Gasteiger partial charge in [-0.05, 0) is 50.2 Å². The molecule has 0 unspecified atom stereocenters. The monoisotopic (exact) mass is 391 g/mol. The Labute approximate surface area is 158 Å². The highest BCUT2D eigenvalue weighted by atomic mass is 32.2. The number of benzene rings is 2. The number of sulfonamides is 1. The van der Waals surface area contributed by atoms with Gasteiger partial charge in [-0.2, -0.15) is 0 Å². The van der Waals surface area contributed by atoms with E-state index in [-0.39, 0.29) is 11.0 Å². The van der Waals surface area contributed by atoms with Crippen LogP contribution in [0.5, 0.6) is 11.5 Å². The normalized spacial score (nSPS) is 13.7. The maximum Gasteiger partial charge on any atom is 0.338 e. The number of carbonyl (C=O) groups is 1. The Morgan fingerprint density at radius 3 is 2.37 bits per heavy atom. The van der Waals surface area contributed by atoms with E-state index in [2.05, 4.69) is 4.72 Å². The summed E-state index contributed by atoms with van der Waals surface area (Å²) < 4.78 is 43.9. The van der Waals surface area contributed by atoms with E-state index in [0.717, 1.165) is 6.42 Å². The van der Waals surface area contributed by atoms with Gasteiger partial charge in [0.05, 0.1) is 29.8 Å². The zero-order valence-electron chi connectivity index (χ0n) is 15.1. The van der Waals surface area contributed by atoms with Gasteiger partial charge in [-0.1, -0.05) is 0 Å². The van der Waals surface area contributed by atoms with Crippen LogP contribution in [0.4, 0.5) is 5.69 Å². The maximum atomic E-state index is 12.6. The average molecular weight is 391 g/mol. The Hall–Kier alpha value is -2.74. The first kappa shape index (κ1) is 19.0. The van der Waals surface area contributed by atoms with Crippen molar-refractivity contribution < 1.29 is 27.4 Å². The highest BCUT2D eigenvalue weighted by Gasteiger charge is 2.19. The fourth-order valence-corrected chi connectivity index (χ4v) is 3.55. The number of hydrogen-bond donors (Lipinski definition) is 1. The van der Waals surface area contributed by atoms with E-state index in [4.69, 9.17) is 14.2 Å². The van der Waals surface area contributed by atoms with Gasteiger partial charge >= 0.3 is 5.97 Å². The van der Waals surface area contributed by atoms with Gasteiger partial charge in [0.25, 0.3) is 10.0 Å². The minimum absolute atomic E-state index is 0.0649. The van der Waals surface area contributed by atoms with E-state index in [9.17, 15) is 13.2 Å². The molecule has 0 saturated heterocycles. The minimum Gasteiger partial charge on any atom is -0.490 e. The summed E-state index contributed by atoms with van der Waals surface area (Å²) in [4.78, 5) is 11.9. The molecule has 1 aliphatic heterocycles. The summed E-state index contributed by atoms with van der Waals surface area (Å²) in [7, 11) is -3.81. The van der Waals surface area contributed by atoms with Crippen molar-refractivity contribution in [3.05, 3.63) is 48.0 Å². The first-order valence-corrected chi connectivity index (χ1v) is 10.1. The van der Waals surface area contributed by atoms with Crippen molar-refractivity contribution >= 4 is 21.7 Å². The molecular formula is C19H21NO6S. The molecule has 1 heterocycles. The predicted molar refractivity (Wildman–Crippen MR) is 99.9 cm³/mol. The molecule has 0 aliphatic carbocycles. The fourth-order valence-electron chi connectivity index (χ4n) is 2.48. The second-order valence-corrected chi connectivity index (χ2v) is 7.98. The van der Waals surface area contributed by atoms with Crippen molar-refractivity contribution in [2.75, 3.05) is 17.9 Å². The molecule has 0 radical (unpaired) electrons. The van der Waals surface area contributed by atoms with Crippen LogP contribution < -0.4 is 14.2 Å². The van der Waals surface area contributed by atoms with Crippen LogP contribution in [-0.2, 0) is 14.8 Å². The lowest BCUT2D eigenvalue weighted by atomic mass is 10.2. The maximum absolute atomic E-state index is 12.6. The third kappa shape index (κ3) is 4.71. The van der Waals surface area contributed by atoms with Gasteiger partial charge in [0.1, 0.15) is 0 Å². The Balaban J connectivity index is 1.76. The molecule has 2 aromatic rings. The second kappa shape index (κ2) is 7.87. The Morgan fingerprint density at radius 1 is 1.04 bits per heavy atom. The number of esters is 1. The Kier molecular flexibility index (Phi) is 5.55. The number of anilines is 1. The molecule has 0 aromatic heterocycles. The zero-order valence-corrected chi connectivity index (χ0v) is 15.9. The van der Waals surface area contributed by atoms with Gasteiger partial charge in [-0.3, -0.25) is 4.72 Å². The third-order valence-electron chi connectivity index (χ3n) is 3.74. The van der Waals surface area contributed by atoms with E-state index < -0.39 is 16.0 Å². The van der Waals surface area contributed by atoms with Crippen molar-refractivity contribution in [2.45, 2.75) is 31.3 Å². The standard InChI is InChI=1S/C19H21NO6S/c1-13(2)26-19(21)14-4-6-15(7-5-14)20-27(22,23)16-8-9-17-18(12-16)25-11-3-10-24-17/h4-9,12-13,20H,3,10-11H2,1-2H3. The Morgan fingerprint density at radius 2 is 1.70 bits per heavy atom. The average Bonchev–Trinajstić information content (AvgIpc) is 2.86. The zero-order chi connectivity index (χ0) is 19.4. The lowest BCUT2D eigenvalue weighted by Crippen LogP contribution is -2.14. The second-order valence-electron chi connectivity index (χ2n) is 6.30. The van der Waals surface area contributed by atoms with E-state index in [0.29, 0.717) is 36.0 Å². The molecule has 1 aliphatic rings. The fraction of sp³-hybridized carbons (Fsp3) is 0.316. The predicted octanol–water partition coefficient (Wildman–Crippen LogP) is 3.21. The molecule has 0 amide bonds. The number of ether oxygens (including phenoxy) is 3. The lowest BCUT2D eigenvalue weighted by molar-refractivity contribution is 0.0378. The summed E-state index contributed by atoms with van der Waals surface area (Å²) in [6.07, 6.45) is 0.510. The van der Waals surface area contributed by atoms with Crippen molar-refractivity contribution in [1.29, 1.82) is 0 Å². The van der Waals surface area contributed by atoms with Gasteiger partial charge in [0.15, 0.2) is 11.5 Å². The SMILES string of the molecule is CC(C)OC(=O)c1ccc(NS(=O)(=O)c2ccc3c(c2)OCCCO3)cc1. The summed E-state index contributed by atoms with van der Waals surface area (Å²) in [5.41, 5.74) is 0.686. The van der Waals surface area contributed by atoms with E-state index in [1.165, 1.54) is 36.4 Å². The summed E-state index contributed by atoms with van der Waals surface area (Å²) >= 11 is 0. The quantitative estimate of drug-likeness (QED) is 0.787. The van der Waals surface area contributed by atoms with Crippen LogP contribution in [0.3, 0.4) is 0 Å². The van der Waals surface area contributed by atoms with Crippen LogP contribution >= 0.6 is 0 Å². The van der Waals surface area contributed by atoms with Crippen LogP contribution in [-0.4, -0.2) is 33.7 Å². The number of hydrogen-bond acceptors (Lipinski definition) is 6. The number of fused-ring (bicyclic) bond motifs is 1. The Bertz CT molecular complexity index is 922. The van der Waals surface area contributed by atoms with Gasteiger partial charge in [0, 0.05) is 18.2 Å². The van der Waals surface area contributed by atoms with Crippen LogP contribution in [0.1, 0.15) is 30.6 Å². The molecule has 0 bridgehead atoms. The van der Waals surface area contributed by atoms with Crippen LogP contribution in [0.25, 0.3) is 0 Å². The molecule has 3 rings (SSSR count). The summed E-state index contributed by atoms with van der Waals surface area (Å²) in [6.45, 7) is 4.52. The highest BCUT2D eigenvalue weighted by Crippen LogP contribution is 2.32. The van der Waals surface area contributed by atoms with Crippen LogP contribution in [0.15, 0.2) is 47.4 Å². The van der Waals surface area contributed by atoms with Crippen LogP contribution in [0.2, 0.25) is 0 Å². The van der Waals surface area contributed by atoms with Crippen molar-refractivity contribution in [3.8, 4) is 11.5 Å². The van der Waals surface area contributed by atoms with Gasteiger partial charge < -0.3 is 14.2 Å². The van der Waals surface area contributed by atoms with Gasteiger partial charge in [-0.25, -0.2) is 13.2 Å². The van der Waals surface area contributed by atoms with E-state index in [1.807, 2.05) is 0 Å². The van der Waals surface area contributed by atoms with Crippen LogP contribution in [0, 0.1) is 0 Å². The molecule has 27 heavy (non-hydrogen) atoms. The summed E-state index contributed by atoms with van der Waals surface area (Å²) in [6, 6.07) is 10.5. The molecule has 0 atom stereocenters. The molecule has 7 nitrogen and oxygen atoms in total. The lowest BCUT2D eigenvalue weighted by Gasteiger charge is -2.12. The summed E-state index contributed by atoms with van der Waals surface area (Å²) in [5, 5.41) is 0. The molecule has 8 heteroatoms. The summed E-state index contributed by atoms with van der Waals surface area (Å²) in [5.74, 6) is 0.476. The minimum atomic E-state index is -3.81. The molecule has 0 spiro atoms. The molecule has 1 N–H and O–H groups in total. The first-order chi connectivity index (χ1) is 12.8. The van der Waals surface area contributed by atoms with Gasteiger partial charge in [-0.15, -0.1) is 0 Å². The largest absolute Gasteiger partial charge is 0.490 e. The van der Waals surface area contributed by atoms with E-state index in [1.54, 1.807) is 19.9 Å². The number of nitrogens with one attached hydrogen (secondary N) is 1. The van der Waals surface area contributed by atoms with Gasteiger partial charge in [0.2, 0.25) is 0 Å². The topological polar surface area (TPSA) is 90.9 Å². The molecule has 144 valence electrons. The number of carbonyl (C=O) groups excluding carboxylic acids is 1. The number of rotatable bonds is 5. The van der Waals surface area contributed by atoms with Crippen molar-refractivity contribution in [2.24, 2.45) is 0 Å². The van der Waals surface area contributed by atoms with E-state index >= 15 is 0 Å². The molecule has 2 aromatic carbocycles. The highest BCUT2D eigenvalue weighted by molar-refractivity contribution is 7.92. The molecule has 0 saturated carbocycles. The molecular weight excluding hydrogens is 370 g/mol. The smallest absolute Gasteiger partial charge is 0.338 e. The third-order valence-corrected chi connectivity index (χ3v) is 5.12. The van der Waals surface area contributed by atoms with Crippen molar-refractivity contribution in [1.82, 2.24) is 0 Å². The van der Waals surface area contributed by atoms with Crippen molar-refractivity contribution in [3.63, 3.8) is 0 Å². The first-order valence-electron chi connectivity index (χ1n) is 8.59.